The standard InChI is InChI=1S/C21H22F2/c1-2-3-4-5-15-6-12-20-17(14-15)9-13-19(21(20)23)16-7-10-18(22)11-8-16/h7-11,13-14H,2-6,12H2,1H3. The fourth-order valence-electron chi connectivity index (χ4n) is 3.25. The molecule has 0 spiro atoms. The minimum absolute atomic E-state index is 0.155. The second-order valence-electron chi connectivity index (χ2n) is 6.26. The average Bonchev–Trinajstić information content (AvgIpc) is 2.56. The van der Waals surface area contributed by atoms with Gasteiger partial charge < -0.3 is 0 Å². The summed E-state index contributed by atoms with van der Waals surface area (Å²) in [5.41, 5.74) is 4.52. The molecule has 0 nitrogen and oxygen atoms in total. The van der Waals surface area contributed by atoms with Crippen LogP contribution in [0.2, 0.25) is 0 Å². The van der Waals surface area contributed by atoms with Crippen LogP contribution in [0.5, 0.6) is 0 Å². The number of hydrogen-bond acceptors (Lipinski definition) is 0. The summed E-state index contributed by atoms with van der Waals surface area (Å²) in [7, 11) is 0. The van der Waals surface area contributed by atoms with Gasteiger partial charge in [0.05, 0.1) is 0 Å². The molecule has 0 saturated heterocycles. The van der Waals surface area contributed by atoms with Gasteiger partial charge in [0.15, 0.2) is 0 Å². The predicted octanol–water partition coefficient (Wildman–Crippen LogP) is 6.54. The van der Waals surface area contributed by atoms with Gasteiger partial charge in [-0.3, -0.25) is 0 Å². The number of hydrogen-bond donors (Lipinski definition) is 0. The Morgan fingerprint density at radius 2 is 1.70 bits per heavy atom. The first-order valence-corrected chi connectivity index (χ1v) is 8.46. The number of rotatable bonds is 5. The fraction of sp³-hybridized carbons (Fsp3) is 0.333. The molecule has 0 aliphatic heterocycles. The highest BCUT2D eigenvalue weighted by molar-refractivity contribution is 5.70. The van der Waals surface area contributed by atoms with E-state index in [2.05, 4.69) is 13.0 Å². The molecule has 0 radical (unpaired) electrons. The van der Waals surface area contributed by atoms with Crippen LogP contribution < -0.4 is 0 Å². The van der Waals surface area contributed by atoms with Crippen molar-refractivity contribution in [3.8, 4) is 11.1 Å². The molecule has 1 aliphatic rings. The van der Waals surface area contributed by atoms with Crippen LogP contribution in [-0.2, 0) is 6.42 Å². The summed E-state index contributed by atoms with van der Waals surface area (Å²) in [6.45, 7) is 2.21. The minimum Gasteiger partial charge on any atom is -0.207 e. The normalized spacial score (nSPS) is 13.6. The highest BCUT2D eigenvalue weighted by atomic mass is 19.1. The zero-order valence-corrected chi connectivity index (χ0v) is 13.5. The molecule has 2 aromatic rings. The summed E-state index contributed by atoms with van der Waals surface area (Å²) in [4.78, 5) is 0. The number of fused-ring (bicyclic) bond motifs is 1. The number of benzene rings is 2. The molecular weight excluding hydrogens is 290 g/mol. The lowest BCUT2D eigenvalue weighted by Gasteiger charge is -2.19. The Kier molecular flexibility index (Phi) is 4.90. The quantitative estimate of drug-likeness (QED) is 0.550. The highest BCUT2D eigenvalue weighted by Crippen LogP contribution is 2.33. The van der Waals surface area contributed by atoms with Crippen molar-refractivity contribution < 1.29 is 8.78 Å². The molecule has 0 atom stereocenters. The van der Waals surface area contributed by atoms with E-state index < -0.39 is 0 Å². The first kappa shape index (κ1) is 15.9. The molecule has 3 rings (SSSR count). The Hall–Kier alpha value is -1.96. The zero-order valence-electron chi connectivity index (χ0n) is 13.5. The van der Waals surface area contributed by atoms with Crippen molar-refractivity contribution in [2.24, 2.45) is 0 Å². The third-order valence-electron chi connectivity index (χ3n) is 4.59. The lowest BCUT2D eigenvalue weighted by molar-refractivity contribution is 0.606. The average molecular weight is 312 g/mol. The van der Waals surface area contributed by atoms with Gasteiger partial charge in [-0.1, -0.05) is 55.7 Å². The number of unbranched alkanes of at least 4 members (excludes halogenated alkanes) is 2. The van der Waals surface area contributed by atoms with E-state index >= 15 is 0 Å². The third-order valence-corrected chi connectivity index (χ3v) is 4.59. The summed E-state index contributed by atoms with van der Waals surface area (Å²) in [5.74, 6) is -0.454. The lowest BCUT2D eigenvalue weighted by atomic mass is 9.87. The minimum atomic E-state index is -0.299. The summed E-state index contributed by atoms with van der Waals surface area (Å²) in [6.07, 6.45) is 8.67. The van der Waals surface area contributed by atoms with Gasteiger partial charge in [0.1, 0.15) is 11.6 Å². The fourth-order valence-corrected chi connectivity index (χ4v) is 3.25. The summed E-state index contributed by atoms with van der Waals surface area (Å²) in [6, 6.07) is 9.83. The van der Waals surface area contributed by atoms with Crippen LogP contribution in [-0.4, -0.2) is 0 Å². The van der Waals surface area contributed by atoms with E-state index in [1.165, 1.54) is 37.0 Å². The molecule has 0 bridgehead atoms. The van der Waals surface area contributed by atoms with Crippen molar-refractivity contribution >= 4 is 6.08 Å². The van der Waals surface area contributed by atoms with Gasteiger partial charge in [0.2, 0.25) is 0 Å². The van der Waals surface area contributed by atoms with Crippen LogP contribution in [0.4, 0.5) is 8.78 Å². The molecular formula is C21H22F2. The van der Waals surface area contributed by atoms with Crippen LogP contribution in [0.3, 0.4) is 0 Å². The van der Waals surface area contributed by atoms with Crippen LogP contribution in [0.1, 0.15) is 50.2 Å². The second-order valence-corrected chi connectivity index (χ2v) is 6.26. The van der Waals surface area contributed by atoms with Crippen molar-refractivity contribution in [2.75, 3.05) is 0 Å². The van der Waals surface area contributed by atoms with E-state index in [0.717, 1.165) is 36.0 Å². The molecule has 0 N–H and O–H groups in total. The molecule has 0 unspecified atom stereocenters. The van der Waals surface area contributed by atoms with E-state index in [1.54, 1.807) is 12.1 Å². The molecule has 0 saturated carbocycles. The first-order chi connectivity index (χ1) is 11.2. The van der Waals surface area contributed by atoms with Gasteiger partial charge in [0, 0.05) is 5.56 Å². The maximum Gasteiger partial charge on any atom is 0.134 e. The molecule has 0 fully saturated rings. The van der Waals surface area contributed by atoms with E-state index in [-0.39, 0.29) is 11.6 Å². The molecule has 23 heavy (non-hydrogen) atoms. The molecule has 2 heteroatoms. The molecule has 1 aliphatic carbocycles. The zero-order chi connectivity index (χ0) is 16.2. The molecule has 0 amide bonds. The molecule has 0 aromatic heterocycles. The lowest BCUT2D eigenvalue weighted by Crippen LogP contribution is -2.04. The van der Waals surface area contributed by atoms with Crippen LogP contribution in [0, 0.1) is 11.6 Å². The maximum atomic E-state index is 14.9. The SMILES string of the molecule is CCCCCC1=Cc2ccc(-c3ccc(F)cc3)c(F)c2CC1. The Morgan fingerprint density at radius 3 is 2.43 bits per heavy atom. The Morgan fingerprint density at radius 1 is 0.913 bits per heavy atom. The summed E-state index contributed by atoms with van der Waals surface area (Å²) >= 11 is 0. The van der Waals surface area contributed by atoms with Crippen molar-refractivity contribution in [2.45, 2.75) is 45.4 Å². The van der Waals surface area contributed by atoms with Gasteiger partial charge in [-0.2, -0.15) is 0 Å². The highest BCUT2D eigenvalue weighted by Gasteiger charge is 2.17. The number of allylic oxidation sites excluding steroid dienone is 1. The first-order valence-electron chi connectivity index (χ1n) is 8.46. The molecule has 120 valence electrons. The van der Waals surface area contributed by atoms with E-state index in [0.29, 0.717) is 5.56 Å². The smallest absolute Gasteiger partial charge is 0.134 e. The second kappa shape index (κ2) is 7.08. The van der Waals surface area contributed by atoms with Crippen LogP contribution >= 0.6 is 0 Å². The van der Waals surface area contributed by atoms with Gasteiger partial charge in [-0.05, 0) is 54.5 Å². The van der Waals surface area contributed by atoms with Gasteiger partial charge >= 0.3 is 0 Å². The number of halogens is 2. The van der Waals surface area contributed by atoms with E-state index in [4.69, 9.17) is 0 Å². The van der Waals surface area contributed by atoms with Crippen LogP contribution in [0.25, 0.3) is 17.2 Å². The van der Waals surface area contributed by atoms with Gasteiger partial charge in [0.25, 0.3) is 0 Å². The van der Waals surface area contributed by atoms with Crippen molar-refractivity contribution in [3.05, 3.63) is 64.7 Å². The molecule has 2 aromatic carbocycles. The largest absolute Gasteiger partial charge is 0.207 e. The Balaban J connectivity index is 1.88. The van der Waals surface area contributed by atoms with Crippen molar-refractivity contribution in [3.63, 3.8) is 0 Å². The monoisotopic (exact) mass is 312 g/mol. The van der Waals surface area contributed by atoms with Crippen molar-refractivity contribution in [1.82, 2.24) is 0 Å². The summed E-state index contributed by atoms with van der Waals surface area (Å²) < 4.78 is 27.9. The third kappa shape index (κ3) is 3.52. The summed E-state index contributed by atoms with van der Waals surface area (Å²) in [5, 5.41) is 0. The van der Waals surface area contributed by atoms with Crippen molar-refractivity contribution in [1.29, 1.82) is 0 Å². The topological polar surface area (TPSA) is 0 Å². The molecule has 0 heterocycles. The van der Waals surface area contributed by atoms with E-state index in [1.807, 2.05) is 12.1 Å². The Labute approximate surface area is 136 Å². The predicted molar refractivity (Wildman–Crippen MR) is 92.2 cm³/mol. The van der Waals surface area contributed by atoms with Crippen LogP contribution in [0.15, 0.2) is 42.0 Å². The van der Waals surface area contributed by atoms with E-state index in [9.17, 15) is 8.78 Å². The Bertz CT molecular complexity index is 711. The van der Waals surface area contributed by atoms with Gasteiger partial charge in [-0.25, -0.2) is 8.78 Å². The maximum absolute atomic E-state index is 14.9. The van der Waals surface area contributed by atoms with Gasteiger partial charge in [-0.15, -0.1) is 0 Å².